The molecule has 2 N–H and O–H groups in total. The molecule has 0 radical (unpaired) electrons. The van der Waals surface area contributed by atoms with Crippen LogP contribution in [0.1, 0.15) is 30.6 Å². The minimum Gasteiger partial charge on any atom is -0.340 e. The molecule has 176 valence electrons. The maximum atomic E-state index is 13.2. The van der Waals surface area contributed by atoms with Gasteiger partial charge in [-0.15, -0.1) is 0 Å². The van der Waals surface area contributed by atoms with Gasteiger partial charge in [-0.05, 0) is 48.7 Å². The summed E-state index contributed by atoms with van der Waals surface area (Å²) >= 11 is 5.91. The molecule has 0 spiro atoms. The molecule has 0 bridgehead atoms. The van der Waals surface area contributed by atoms with Crippen molar-refractivity contribution >= 4 is 35.0 Å². The Labute approximate surface area is 200 Å². The number of amides is 3. The highest BCUT2D eigenvalue weighted by Crippen LogP contribution is 2.14. The number of para-hydroxylation sites is 1. The molecular formula is C25H31ClN4O3. The molecular weight excluding hydrogens is 440 g/mol. The molecule has 1 aliphatic heterocycles. The van der Waals surface area contributed by atoms with Crippen molar-refractivity contribution in [3.8, 4) is 0 Å². The lowest BCUT2D eigenvalue weighted by molar-refractivity contribution is -0.135. The Kier molecular flexibility index (Phi) is 8.86. The largest absolute Gasteiger partial charge is 0.340 e. The van der Waals surface area contributed by atoms with Crippen LogP contribution in [0.3, 0.4) is 0 Å². The van der Waals surface area contributed by atoms with E-state index in [-0.39, 0.29) is 30.2 Å². The molecule has 1 aliphatic rings. The number of anilines is 1. The monoisotopic (exact) mass is 470 g/mol. The van der Waals surface area contributed by atoms with Crippen molar-refractivity contribution in [1.29, 1.82) is 0 Å². The van der Waals surface area contributed by atoms with Crippen molar-refractivity contribution in [1.82, 2.24) is 15.1 Å². The second-order valence-corrected chi connectivity index (χ2v) is 9.11. The summed E-state index contributed by atoms with van der Waals surface area (Å²) in [7, 11) is 0. The predicted molar refractivity (Wildman–Crippen MR) is 130 cm³/mol. The zero-order valence-corrected chi connectivity index (χ0v) is 19.8. The first-order chi connectivity index (χ1) is 15.8. The van der Waals surface area contributed by atoms with Crippen molar-refractivity contribution in [3.05, 3.63) is 65.2 Å². The lowest BCUT2D eigenvalue weighted by atomic mass is 10.0. The topological polar surface area (TPSA) is 81.8 Å². The molecule has 2 aromatic rings. The highest BCUT2D eigenvalue weighted by molar-refractivity contribution is 6.30. The minimum atomic E-state index is -0.596. The Hall–Kier alpha value is -2.90. The van der Waals surface area contributed by atoms with E-state index in [1.807, 2.05) is 49.1 Å². The first kappa shape index (κ1) is 24.7. The van der Waals surface area contributed by atoms with Crippen molar-refractivity contribution in [2.75, 3.05) is 38.0 Å². The Morgan fingerprint density at radius 1 is 0.939 bits per heavy atom. The number of benzene rings is 2. The average molecular weight is 471 g/mol. The van der Waals surface area contributed by atoms with Gasteiger partial charge in [-0.2, -0.15) is 0 Å². The van der Waals surface area contributed by atoms with Gasteiger partial charge < -0.3 is 15.5 Å². The molecule has 1 saturated heterocycles. The summed E-state index contributed by atoms with van der Waals surface area (Å²) in [5.41, 5.74) is 1.24. The normalized spacial score (nSPS) is 15.2. The molecule has 33 heavy (non-hydrogen) atoms. The molecule has 2 aromatic carbocycles. The molecule has 3 amide bonds. The third-order valence-corrected chi connectivity index (χ3v) is 5.78. The second-order valence-electron chi connectivity index (χ2n) is 8.68. The highest BCUT2D eigenvalue weighted by Gasteiger charge is 2.30. The summed E-state index contributed by atoms with van der Waals surface area (Å²) < 4.78 is 0. The van der Waals surface area contributed by atoms with Gasteiger partial charge in [0.15, 0.2) is 0 Å². The number of rotatable bonds is 8. The fourth-order valence-corrected chi connectivity index (χ4v) is 3.93. The molecule has 1 atom stereocenters. The Morgan fingerprint density at radius 3 is 2.18 bits per heavy atom. The van der Waals surface area contributed by atoms with E-state index in [1.165, 1.54) is 0 Å². The van der Waals surface area contributed by atoms with Crippen molar-refractivity contribution in [2.24, 2.45) is 5.92 Å². The van der Waals surface area contributed by atoms with Crippen LogP contribution in [0.15, 0.2) is 54.6 Å². The maximum absolute atomic E-state index is 13.2. The summed E-state index contributed by atoms with van der Waals surface area (Å²) in [6.45, 7) is 6.57. The number of nitrogens with zero attached hydrogens (tertiary/aromatic N) is 2. The maximum Gasteiger partial charge on any atom is 0.251 e. The SMILES string of the molecule is CC(C)CC(NC(=O)c1ccc(Cl)cc1)C(=O)N1CCN(CC(=O)Nc2ccccc2)CC1. The van der Waals surface area contributed by atoms with E-state index in [9.17, 15) is 14.4 Å². The molecule has 8 heteroatoms. The van der Waals surface area contributed by atoms with Crippen LogP contribution in [0, 0.1) is 5.92 Å². The van der Waals surface area contributed by atoms with Gasteiger partial charge in [-0.1, -0.05) is 43.6 Å². The quantitative estimate of drug-likeness (QED) is 0.620. The summed E-state index contributed by atoms with van der Waals surface area (Å²) in [4.78, 5) is 42.0. The van der Waals surface area contributed by atoms with Gasteiger partial charge in [0.05, 0.1) is 6.54 Å². The van der Waals surface area contributed by atoms with Gasteiger partial charge in [-0.25, -0.2) is 0 Å². The number of hydrogen-bond acceptors (Lipinski definition) is 4. The first-order valence-electron chi connectivity index (χ1n) is 11.2. The van der Waals surface area contributed by atoms with Crippen LogP contribution < -0.4 is 10.6 Å². The van der Waals surface area contributed by atoms with E-state index in [1.54, 1.807) is 29.2 Å². The van der Waals surface area contributed by atoms with Gasteiger partial charge in [0.2, 0.25) is 11.8 Å². The smallest absolute Gasteiger partial charge is 0.251 e. The number of carbonyl (C=O) groups excluding carboxylic acids is 3. The number of hydrogen-bond donors (Lipinski definition) is 2. The predicted octanol–water partition coefficient (Wildman–Crippen LogP) is 3.27. The molecule has 0 saturated carbocycles. The number of carbonyl (C=O) groups is 3. The van der Waals surface area contributed by atoms with E-state index in [4.69, 9.17) is 11.6 Å². The van der Waals surface area contributed by atoms with Crippen LogP contribution in [0.5, 0.6) is 0 Å². The highest BCUT2D eigenvalue weighted by atomic mass is 35.5. The molecule has 0 aromatic heterocycles. The van der Waals surface area contributed by atoms with Gasteiger partial charge in [-0.3, -0.25) is 19.3 Å². The summed E-state index contributed by atoms with van der Waals surface area (Å²) in [5.74, 6) is -0.206. The van der Waals surface area contributed by atoms with Crippen LogP contribution in [0.25, 0.3) is 0 Å². The Balaban J connectivity index is 1.53. The lowest BCUT2D eigenvalue weighted by Gasteiger charge is -2.36. The molecule has 1 fully saturated rings. The van der Waals surface area contributed by atoms with Crippen LogP contribution in [-0.4, -0.2) is 66.3 Å². The molecule has 7 nitrogen and oxygen atoms in total. The zero-order valence-electron chi connectivity index (χ0n) is 19.1. The Bertz CT molecular complexity index is 942. The van der Waals surface area contributed by atoms with Gasteiger partial charge >= 0.3 is 0 Å². The summed E-state index contributed by atoms with van der Waals surface area (Å²) in [6.07, 6.45) is 0.553. The average Bonchev–Trinajstić information content (AvgIpc) is 2.79. The van der Waals surface area contributed by atoms with Crippen LogP contribution in [0.4, 0.5) is 5.69 Å². The van der Waals surface area contributed by atoms with Crippen LogP contribution in [0.2, 0.25) is 5.02 Å². The summed E-state index contributed by atoms with van der Waals surface area (Å²) in [5, 5.41) is 6.34. The number of nitrogens with one attached hydrogen (secondary N) is 2. The Morgan fingerprint density at radius 2 is 1.58 bits per heavy atom. The van der Waals surface area contributed by atoms with Gasteiger partial charge in [0.1, 0.15) is 6.04 Å². The van der Waals surface area contributed by atoms with E-state index in [0.29, 0.717) is 43.2 Å². The fraction of sp³-hybridized carbons (Fsp3) is 0.400. The van der Waals surface area contributed by atoms with Gasteiger partial charge in [0, 0.05) is 42.5 Å². The van der Waals surface area contributed by atoms with E-state index < -0.39 is 6.04 Å². The fourth-order valence-electron chi connectivity index (χ4n) is 3.81. The zero-order chi connectivity index (χ0) is 23.8. The van der Waals surface area contributed by atoms with Crippen LogP contribution in [-0.2, 0) is 9.59 Å². The van der Waals surface area contributed by atoms with E-state index in [0.717, 1.165) is 5.69 Å². The number of piperazine rings is 1. The molecule has 1 heterocycles. The van der Waals surface area contributed by atoms with E-state index >= 15 is 0 Å². The van der Waals surface area contributed by atoms with Crippen molar-refractivity contribution < 1.29 is 14.4 Å². The van der Waals surface area contributed by atoms with Crippen molar-refractivity contribution in [2.45, 2.75) is 26.3 Å². The third-order valence-electron chi connectivity index (χ3n) is 5.53. The minimum absolute atomic E-state index is 0.0751. The van der Waals surface area contributed by atoms with Crippen molar-refractivity contribution in [3.63, 3.8) is 0 Å². The molecule has 1 unspecified atom stereocenters. The lowest BCUT2D eigenvalue weighted by Crippen LogP contribution is -2.56. The second kappa shape index (κ2) is 11.8. The number of halogens is 1. The third kappa shape index (κ3) is 7.58. The van der Waals surface area contributed by atoms with E-state index in [2.05, 4.69) is 10.6 Å². The summed E-state index contributed by atoms with van der Waals surface area (Å²) in [6, 6.07) is 15.4. The molecule has 0 aliphatic carbocycles. The van der Waals surface area contributed by atoms with Gasteiger partial charge in [0.25, 0.3) is 5.91 Å². The van der Waals surface area contributed by atoms with Crippen LogP contribution >= 0.6 is 11.6 Å². The molecule has 3 rings (SSSR count). The standard InChI is InChI=1S/C25H31ClN4O3/c1-18(2)16-22(28-24(32)19-8-10-20(26)11-9-19)25(33)30-14-12-29(13-15-30)17-23(31)27-21-6-4-3-5-7-21/h3-11,18,22H,12-17H2,1-2H3,(H,27,31)(H,28,32). The first-order valence-corrected chi connectivity index (χ1v) is 11.6.